The lowest BCUT2D eigenvalue weighted by Crippen LogP contribution is -2.30. The third kappa shape index (κ3) is 4.57. The number of carbonyl (C=O) groups is 2. The lowest BCUT2D eigenvalue weighted by Gasteiger charge is -2.08. The van der Waals surface area contributed by atoms with Gasteiger partial charge in [-0.05, 0) is 36.4 Å². The minimum atomic E-state index is -0.501. The number of nitrogens with zero attached hydrogens (tertiary/aromatic N) is 1. The summed E-state index contributed by atoms with van der Waals surface area (Å²) < 4.78 is 5.48. The van der Waals surface area contributed by atoms with E-state index in [1.807, 2.05) is 24.3 Å². The second-order valence-electron chi connectivity index (χ2n) is 4.17. The van der Waals surface area contributed by atoms with Crippen molar-refractivity contribution < 1.29 is 14.3 Å². The second-order valence-corrected chi connectivity index (χ2v) is 6.15. The molecule has 1 aromatic carbocycles. The maximum absolute atomic E-state index is 12.2. The Morgan fingerprint density at radius 2 is 2.00 bits per heavy atom. The third-order valence-corrected chi connectivity index (χ3v) is 4.22. The fourth-order valence-electron chi connectivity index (χ4n) is 1.58. The Balaban J connectivity index is 2.14. The number of pyridine rings is 1. The minimum absolute atomic E-state index is 0.174. The maximum Gasteiger partial charge on any atom is 0.325 e. The van der Waals surface area contributed by atoms with E-state index in [4.69, 9.17) is 0 Å². The zero-order valence-corrected chi connectivity index (χ0v) is 14.1. The van der Waals surface area contributed by atoms with Crippen LogP contribution in [0.25, 0.3) is 0 Å². The van der Waals surface area contributed by atoms with Crippen molar-refractivity contribution in [1.82, 2.24) is 10.3 Å². The van der Waals surface area contributed by atoms with Crippen LogP contribution in [-0.2, 0) is 9.53 Å². The molecule has 114 valence electrons. The summed E-state index contributed by atoms with van der Waals surface area (Å²) in [4.78, 5) is 28.4. The number of amides is 1. The Labute approximate surface area is 140 Å². The van der Waals surface area contributed by atoms with Gasteiger partial charge in [-0.3, -0.25) is 9.59 Å². The number of ether oxygens (including phenoxy) is 1. The first kappa shape index (κ1) is 16.5. The molecule has 7 heteroatoms. The first-order valence-electron chi connectivity index (χ1n) is 6.33. The summed E-state index contributed by atoms with van der Waals surface area (Å²) in [5.41, 5.74) is 0.416. The van der Waals surface area contributed by atoms with Crippen molar-refractivity contribution in [1.29, 1.82) is 0 Å². The Morgan fingerprint density at radius 1 is 1.27 bits per heavy atom. The summed E-state index contributed by atoms with van der Waals surface area (Å²) in [7, 11) is 1.27. The van der Waals surface area contributed by atoms with E-state index in [2.05, 4.69) is 31.0 Å². The molecule has 22 heavy (non-hydrogen) atoms. The number of carbonyl (C=O) groups excluding carboxylic acids is 2. The molecule has 1 N–H and O–H groups in total. The van der Waals surface area contributed by atoms with E-state index in [9.17, 15) is 9.59 Å². The Hall–Kier alpha value is -1.86. The summed E-state index contributed by atoms with van der Waals surface area (Å²) in [6.07, 6.45) is 1.62. The van der Waals surface area contributed by atoms with Crippen LogP contribution in [0, 0.1) is 0 Å². The van der Waals surface area contributed by atoms with Crippen molar-refractivity contribution in [3.05, 3.63) is 52.6 Å². The highest BCUT2D eigenvalue weighted by Crippen LogP contribution is 2.29. The van der Waals surface area contributed by atoms with E-state index in [1.54, 1.807) is 18.3 Å². The molecule has 0 bridgehead atoms. The minimum Gasteiger partial charge on any atom is -0.468 e. The quantitative estimate of drug-likeness (QED) is 0.807. The highest BCUT2D eigenvalue weighted by molar-refractivity contribution is 9.10. The SMILES string of the molecule is COC(=O)CNC(=O)c1cccnc1Sc1ccc(Br)cc1. The van der Waals surface area contributed by atoms with Crippen LogP contribution in [0.5, 0.6) is 0 Å². The van der Waals surface area contributed by atoms with E-state index in [-0.39, 0.29) is 12.5 Å². The van der Waals surface area contributed by atoms with Crippen molar-refractivity contribution in [3.63, 3.8) is 0 Å². The van der Waals surface area contributed by atoms with Crippen LogP contribution >= 0.6 is 27.7 Å². The van der Waals surface area contributed by atoms with Gasteiger partial charge in [-0.1, -0.05) is 27.7 Å². The molecule has 2 aromatic rings. The third-order valence-electron chi connectivity index (χ3n) is 2.66. The van der Waals surface area contributed by atoms with Gasteiger partial charge in [0.05, 0.1) is 12.7 Å². The van der Waals surface area contributed by atoms with Crippen LogP contribution in [0.1, 0.15) is 10.4 Å². The van der Waals surface area contributed by atoms with Gasteiger partial charge in [-0.2, -0.15) is 0 Å². The molecular formula is C15H13BrN2O3S. The normalized spacial score (nSPS) is 10.1. The van der Waals surface area contributed by atoms with Crippen LogP contribution in [0.15, 0.2) is 57.0 Å². The van der Waals surface area contributed by atoms with Gasteiger partial charge >= 0.3 is 5.97 Å². The van der Waals surface area contributed by atoms with Gasteiger partial charge in [0.2, 0.25) is 0 Å². The van der Waals surface area contributed by atoms with E-state index < -0.39 is 5.97 Å². The molecular weight excluding hydrogens is 368 g/mol. The van der Waals surface area contributed by atoms with E-state index >= 15 is 0 Å². The van der Waals surface area contributed by atoms with Crippen LogP contribution < -0.4 is 5.32 Å². The summed E-state index contributed by atoms with van der Waals surface area (Å²) in [5.74, 6) is -0.863. The Bertz CT molecular complexity index is 677. The molecule has 1 amide bonds. The van der Waals surface area contributed by atoms with Crippen LogP contribution in [0.4, 0.5) is 0 Å². The number of nitrogens with one attached hydrogen (secondary N) is 1. The predicted molar refractivity (Wildman–Crippen MR) is 86.9 cm³/mol. The van der Waals surface area contributed by atoms with E-state index in [1.165, 1.54) is 18.9 Å². The van der Waals surface area contributed by atoms with Gasteiger partial charge in [-0.15, -0.1) is 0 Å². The van der Waals surface area contributed by atoms with Crippen molar-refractivity contribution in [2.45, 2.75) is 9.92 Å². The molecule has 0 fully saturated rings. The number of rotatable bonds is 5. The lowest BCUT2D eigenvalue weighted by molar-refractivity contribution is -0.139. The van der Waals surface area contributed by atoms with Gasteiger partial charge in [0, 0.05) is 15.6 Å². The zero-order chi connectivity index (χ0) is 15.9. The number of hydrogen-bond donors (Lipinski definition) is 1. The van der Waals surface area contributed by atoms with Crippen molar-refractivity contribution in [2.24, 2.45) is 0 Å². The standard InChI is InChI=1S/C15H13BrN2O3S/c1-21-13(19)9-18-14(20)12-3-2-8-17-15(12)22-11-6-4-10(16)5-7-11/h2-8H,9H2,1H3,(H,18,20). The van der Waals surface area contributed by atoms with Gasteiger partial charge in [-0.25, -0.2) is 4.98 Å². The highest BCUT2D eigenvalue weighted by atomic mass is 79.9. The largest absolute Gasteiger partial charge is 0.468 e. The lowest BCUT2D eigenvalue weighted by atomic mass is 10.2. The van der Waals surface area contributed by atoms with Gasteiger partial charge < -0.3 is 10.1 Å². The van der Waals surface area contributed by atoms with Crippen LogP contribution in [0.3, 0.4) is 0 Å². The first-order chi connectivity index (χ1) is 10.6. The molecule has 0 radical (unpaired) electrons. The smallest absolute Gasteiger partial charge is 0.325 e. The summed E-state index contributed by atoms with van der Waals surface area (Å²) in [5, 5.41) is 3.09. The predicted octanol–water partition coefficient (Wildman–Crippen LogP) is 2.90. The fraction of sp³-hybridized carbons (Fsp3) is 0.133. The molecule has 5 nitrogen and oxygen atoms in total. The number of halogens is 1. The topological polar surface area (TPSA) is 68.3 Å². The Kier molecular flexibility index (Phi) is 5.97. The maximum atomic E-state index is 12.2. The van der Waals surface area contributed by atoms with E-state index in [0.29, 0.717) is 10.6 Å². The van der Waals surface area contributed by atoms with E-state index in [0.717, 1.165) is 9.37 Å². The summed E-state index contributed by atoms with van der Waals surface area (Å²) in [6.45, 7) is -0.174. The zero-order valence-electron chi connectivity index (χ0n) is 11.7. The molecule has 0 aliphatic carbocycles. The second kappa shape index (κ2) is 7.95. The molecule has 1 heterocycles. The van der Waals surface area contributed by atoms with Crippen LogP contribution in [-0.4, -0.2) is 30.5 Å². The molecule has 1 aromatic heterocycles. The molecule has 0 saturated heterocycles. The highest BCUT2D eigenvalue weighted by Gasteiger charge is 2.14. The first-order valence-corrected chi connectivity index (χ1v) is 7.94. The van der Waals surface area contributed by atoms with Gasteiger partial charge in [0.15, 0.2) is 0 Å². The van der Waals surface area contributed by atoms with Gasteiger partial charge in [0.1, 0.15) is 11.6 Å². The molecule has 0 unspecified atom stereocenters. The molecule has 0 saturated carbocycles. The molecule has 0 spiro atoms. The summed E-state index contributed by atoms with van der Waals surface area (Å²) in [6, 6.07) is 11.0. The monoisotopic (exact) mass is 380 g/mol. The molecule has 0 aliphatic heterocycles. The molecule has 0 atom stereocenters. The number of hydrogen-bond acceptors (Lipinski definition) is 5. The summed E-state index contributed by atoms with van der Waals surface area (Å²) >= 11 is 4.76. The van der Waals surface area contributed by atoms with Crippen molar-refractivity contribution >= 4 is 39.6 Å². The number of aromatic nitrogens is 1. The average Bonchev–Trinajstić information content (AvgIpc) is 2.55. The number of esters is 1. The Morgan fingerprint density at radius 3 is 2.68 bits per heavy atom. The van der Waals surface area contributed by atoms with Crippen LogP contribution in [0.2, 0.25) is 0 Å². The van der Waals surface area contributed by atoms with Crippen molar-refractivity contribution in [2.75, 3.05) is 13.7 Å². The van der Waals surface area contributed by atoms with Crippen molar-refractivity contribution in [3.8, 4) is 0 Å². The average molecular weight is 381 g/mol. The number of benzene rings is 1. The fourth-order valence-corrected chi connectivity index (χ4v) is 2.72. The molecule has 0 aliphatic rings. The molecule has 2 rings (SSSR count). The number of methoxy groups -OCH3 is 1. The van der Waals surface area contributed by atoms with Gasteiger partial charge in [0.25, 0.3) is 5.91 Å².